The number of anilines is 1. The molecule has 30 heavy (non-hydrogen) atoms. The summed E-state index contributed by atoms with van der Waals surface area (Å²) in [7, 11) is 3.18. The normalized spacial score (nSPS) is 14.4. The fraction of sp³-hybridized carbons (Fsp3) is 0.333. The van der Waals surface area contributed by atoms with Crippen LogP contribution in [0.5, 0.6) is 11.5 Å². The zero-order valence-corrected chi connectivity index (χ0v) is 17.7. The average molecular weight is 406 g/mol. The Labute approximate surface area is 176 Å². The van der Waals surface area contributed by atoms with Crippen LogP contribution in [0.3, 0.4) is 0 Å². The smallest absolute Gasteiger partial charge is 0.236 e. The van der Waals surface area contributed by atoms with Gasteiger partial charge in [0.2, 0.25) is 5.91 Å². The van der Waals surface area contributed by atoms with Crippen molar-refractivity contribution in [1.29, 1.82) is 0 Å². The Kier molecular flexibility index (Phi) is 5.24. The molecule has 0 atom stereocenters. The number of nitrogens with one attached hydrogen (secondary N) is 1. The van der Waals surface area contributed by atoms with E-state index in [9.17, 15) is 4.79 Å². The zero-order chi connectivity index (χ0) is 21.3. The third-order valence-electron chi connectivity index (χ3n) is 5.68. The Morgan fingerprint density at radius 1 is 1.07 bits per heavy atom. The second-order valence-corrected chi connectivity index (χ2v) is 7.92. The number of benzene rings is 2. The van der Waals surface area contributed by atoms with Gasteiger partial charge in [0.25, 0.3) is 0 Å². The number of amides is 1. The van der Waals surface area contributed by atoms with Gasteiger partial charge in [-0.2, -0.15) is 0 Å². The molecule has 2 aromatic carbocycles. The topological polar surface area (TPSA) is 73.6 Å². The number of rotatable bonds is 7. The highest BCUT2D eigenvalue weighted by Crippen LogP contribution is 2.49. The molecule has 4 rings (SSSR count). The minimum absolute atomic E-state index is 0.0391. The van der Waals surface area contributed by atoms with Crippen molar-refractivity contribution in [1.82, 2.24) is 5.16 Å². The first kappa shape index (κ1) is 20.0. The third kappa shape index (κ3) is 3.54. The van der Waals surface area contributed by atoms with Crippen LogP contribution >= 0.6 is 0 Å². The number of aromatic nitrogens is 1. The number of hydrogen-bond donors (Lipinski definition) is 1. The predicted molar refractivity (Wildman–Crippen MR) is 115 cm³/mol. The van der Waals surface area contributed by atoms with E-state index in [-0.39, 0.29) is 5.91 Å². The van der Waals surface area contributed by atoms with Crippen LogP contribution in [0, 0.1) is 0 Å². The summed E-state index contributed by atoms with van der Waals surface area (Å²) in [4.78, 5) is 13.2. The lowest BCUT2D eigenvalue weighted by Crippen LogP contribution is -2.28. The van der Waals surface area contributed by atoms with Gasteiger partial charge >= 0.3 is 0 Å². The van der Waals surface area contributed by atoms with Crippen molar-refractivity contribution in [3.63, 3.8) is 0 Å². The summed E-state index contributed by atoms with van der Waals surface area (Å²) in [5.74, 6) is 2.12. The maximum absolute atomic E-state index is 13.2. The Morgan fingerprint density at radius 2 is 1.80 bits per heavy atom. The molecule has 0 unspecified atom stereocenters. The summed E-state index contributed by atoms with van der Waals surface area (Å²) in [6.07, 6.45) is 1.50. The molecule has 0 aliphatic heterocycles. The maximum atomic E-state index is 13.2. The van der Waals surface area contributed by atoms with Crippen molar-refractivity contribution in [3.8, 4) is 22.8 Å². The second kappa shape index (κ2) is 7.86. The molecule has 1 amide bonds. The molecule has 1 heterocycles. The molecule has 0 radical (unpaired) electrons. The van der Waals surface area contributed by atoms with Crippen LogP contribution in [0.2, 0.25) is 0 Å². The summed E-state index contributed by atoms with van der Waals surface area (Å²) < 4.78 is 16.2. The molecule has 6 nitrogen and oxygen atoms in total. The standard InChI is InChI=1S/C24H26N2O4/c1-15(2)17-7-5-6-8-18(17)25-23(27)24(11-12-24)22-14-20(30-26-22)16-9-10-19(28-3)21(13-16)29-4/h5-10,13-15H,11-12H2,1-4H3,(H,25,27). The summed E-state index contributed by atoms with van der Waals surface area (Å²) in [6, 6.07) is 15.3. The first-order valence-electron chi connectivity index (χ1n) is 10.1. The molecule has 3 aromatic rings. The molecule has 1 aliphatic carbocycles. The summed E-state index contributed by atoms with van der Waals surface area (Å²) in [6.45, 7) is 4.23. The van der Waals surface area contributed by atoms with Crippen LogP contribution in [0.15, 0.2) is 53.1 Å². The van der Waals surface area contributed by atoms with E-state index in [4.69, 9.17) is 14.0 Å². The van der Waals surface area contributed by atoms with E-state index in [2.05, 4.69) is 24.3 Å². The number of ether oxygens (including phenoxy) is 2. The van der Waals surface area contributed by atoms with Crippen LogP contribution in [0.1, 0.15) is 43.9 Å². The van der Waals surface area contributed by atoms with Gasteiger partial charge < -0.3 is 19.3 Å². The van der Waals surface area contributed by atoms with Gasteiger partial charge in [-0.1, -0.05) is 37.2 Å². The van der Waals surface area contributed by atoms with Crippen LogP contribution < -0.4 is 14.8 Å². The highest BCUT2D eigenvalue weighted by Gasteiger charge is 2.54. The van der Waals surface area contributed by atoms with Gasteiger partial charge in [0, 0.05) is 17.3 Å². The van der Waals surface area contributed by atoms with Crippen molar-refractivity contribution in [2.75, 3.05) is 19.5 Å². The van der Waals surface area contributed by atoms with E-state index in [0.29, 0.717) is 28.9 Å². The van der Waals surface area contributed by atoms with Gasteiger partial charge in [-0.05, 0) is 48.6 Å². The van der Waals surface area contributed by atoms with E-state index in [1.165, 1.54) is 0 Å². The van der Waals surface area contributed by atoms with Gasteiger partial charge in [-0.3, -0.25) is 4.79 Å². The maximum Gasteiger partial charge on any atom is 0.236 e. The summed E-state index contributed by atoms with van der Waals surface area (Å²) in [5.41, 5.74) is 2.81. The van der Waals surface area contributed by atoms with Crippen molar-refractivity contribution in [3.05, 3.63) is 59.8 Å². The van der Waals surface area contributed by atoms with E-state index >= 15 is 0 Å². The van der Waals surface area contributed by atoms with Crippen molar-refractivity contribution < 1.29 is 18.8 Å². The molecular weight excluding hydrogens is 380 g/mol. The van der Waals surface area contributed by atoms with Crippen molar-refractivity contribution in [2.45, 2.75) is 38.0 Å². The molecule has 1 fully saturated rings. The Morgan fingerprint density at radius 3 is 2.47 bits per heavy atom. The zero-order valence-electron chi connectivity index (χ0n) is 17.7. The Hall–Kier alpha value is -3.28. The van der Waals surface area contributed by atoms with Crippen LogP contribution in [0.4, 0.5) is 5.69 Å². The third-order valence-corrected chi connectivity index (χ3v) is 5.68. The number of methoxy groups -OCH3 is 2. The molecule has 0 saturated heterocycles. The number of carbonyl (C=O) groups excluding carboxylic acids is 1. The van der Waals surface area contributed by atoms with Gasteiger partial charge in [0.1, 0.15) is 0 Å². The van der Waals surface area contributed by atoms with E-state index in [1.807, 2.05) is 48.5 Å². The molecule has 0 bridgehead atoms. The SMILES string of the molecule is COc1ccc(-c2cc(C3(C(=O)Nc4ccccc4C(C)C)CC3)no2)cc1OC. The average Bonchev–Trinajstić information content (AvgIpc) is 3.43. The van der Waals surface area contributed by atoms with Crippen molar-refractivity contribution in [2.24, 2.45) is 0 Å². The lowest BCUT2D eigenvalue weighted by Gasteiger charge is -2.17. The molecule has 1 N–H and O–H groups in total. The molecule has 6 heteroatoms. The van der Waals surface area contributed by atoms with Gasteiger partial charge in [0.15, 0.2) is 17.3 Å². The summed E-state index contributed by atoms with van der Waals surface area (Å²) in [5, 5.41) is 7.36. The lowest BCUT2D eigenvalue weighted by molar-refractivity contribution is -0.118. The number of para-hydroxylation sites is 1. The van der Waals surface area contributed by atoms with E-state index < -0.39 is 5.41 Å². The first-order chi connectivity index (χ1) is 14.5. The molecule has 0 spiro atoms. The predicted octanol–water partition coefficient (Wildman–Crippen LogP) is 5.15. The quantitative estimate of drug-likeness (QED) is 0.587. The van der Waals surface area contributed by atoms with E-state index in [0.717, 1.165) is 29.7 Å². The minimum atomic E-state index is -0.637. The molecule has 1 aromatic heterocycles. The molecule has 1 aliphatic rings. The monoisotopic (exact) mass is 406 g/mol. The number of hydrogen-bond acceptors (Lipinski definition) is 5. The van der Waals surface area contributed by atoms with Crippen LogP contribution in [0.25, 0.3) is 11.3 Å². The highest BCUT2D eigenvalue weighted by molar-refractivity contribution is 6.01. The molecular formula is C24H26N2O4. The van der Waals surface area contributed by atoms with Crippen molar-refractivity contribution >= 4 is 11.6 Å². The summed E-state index contributed by atoms with van der Waals surface area (Å²) >= 11 is 0. The minimum Gasteiger partial charge on any atom is -0.493 e. The second-order valence-electron chi connectivity index (χ2n) is 7.92. The van der Waals surface area contributed by atoms with Crippen LogP contribution in [-0.2, 0) is 10.2 Å². The largest absolute Gasteiger partial charge is 0.493 e. The number of nitrogens with zero attached hydrogens (tertiary/aromatic N) is 1. The Bertz CT molecular complexity index is 1070. The van der Waals surface area contributed by atoms with Gasteiger partial charge in [-0.15, -0.1) is 0 Å². The highest BCUT2D eigenvalue weighted by atomic mass is 16.5. The Balaban J connectivity index is 1.58. The lowest BCUT2D eigenvalue weighted by atomic mass is 9.98. The van der Waals surface area contributed by atoms with Crippen LogP contribution in [-0.4, -0.2) is 25.3 Å². The fourth-order valence-electron chi connectivity index (χ4n) is 3.71. The molecule has 1 saturated carbocycles. The molecule has 156 valence electrons. The van der Waals surface area contributed by atoms with E-state index in [1.54, 1.807) is 14.2 Å². The van der Waals surface area contributed by atoms with Gasteiger partial charge in [0.05, 0.1) is 25.3 Å². The van der Waals surface area contributed by atoms with Gasteiger partial charge in [-0.25, -0.2) is 0 Å². The fourth-order valence-corrected chi connectivity index (χ4v) is 3.71. The number of carbonyl (C=O) groups is 1. The first-order valence-corrected chi connectivity index (χ1v) is 10.1.